The van der Waals surface area contributed by atoms with Crippen molar-refractivity contribution in [3.8, 4) is 0 Å². The second-order valence-electron chi connectivity index (χ2n) is 6.37. The third kappa shape index (κ3) is 8.65. The SMILES string of the molecule is CCC(C)C(NC(=O)CCCCCON(O)O)C(=O)OCc1oc(=O)oc1C. The van der Waals surface area contributed by atoms with E-state index in [0.717, 1.165) is 0 Å². The zero-order chi connectivity index (χ0) is 21.1. The van der Waals surface area contributed by atoms with Crippen LogP contribution >= 0.6 is 0 Å². The van der Waals surface area contributed by atoms with Crippen LogP contribution in [0.3, 0.4) is 0 Å². The van der Waals surface area contributed by atoms with E-state index in [9.17, 15) is 14.4 Å². The van der Waals surface area contributed by atoms with Crippen LogP contribution < -0.4 is 11.1 Å². The van der Waals surface area contributed by atoms with E-state index >= 15 is 0 Å². The summed E-state index contributed by atoms with van der Waals surface area (Å²) in [5.41, 5.74) is 0. The maximum Gasteiger partial charge on any atom is 0.519 e. The molecule has 11 heteroatoms. The van der Waals surface area contributed by atoms with Crippen LogP contribution in [0.5, 0.6) is 0 Å². The number of hydrogen-bond donors (Lipinski definition) is 3. The van der Waals surface area contributed by atoms with Gasteiger partial charge in [-0.25, -0.2) is 9.59 Å². The summed E-state index contributed by atoms with van der Waals surface area (Å²) in [6.07, 6.45) is 2.58. The van der Waals surface area contributed by atoms with Crippen LogP contribution in [0.4, 0.5) is 0 Å². The summed E-state index contributed by atoms with van der Waals surface area (Å²) in [6.45, 7) is 5.09. The average Bonchev–Trinajstić information content (AvgIpc) is 2.96. The van der Waals surface area contributed by atoms with E-state index < -0.39 is 17.8 Å². The third-order valence-corrected chi connectivity index (χ3v) is 4.22. The molecule has 11 nitrogen and oxygen atoms in total. The number of aryl methyl sites for hydroxylation is 1. The smallest absolute Gasteiger partial charge is 0.456 e. The highest BCUT2D eigenvalue weighted by Gasteiger charge is 2.27. The Kier molecular flexibility index (Phi) is 10.5. The van der Waals surface area contributed by atoms with E-state index in [4.69, 9.17) is 24.0 Å². The molecule has 0 aromatic carbocycles. The van der Waals surface area contributed by atoms with Crippen LogP contribution in [0.15, 0.2) is 13.6 Å². The average molecular weight is 404 g/mol. The standard InChI is InChI=1S/C17H28N2O9/c1-4-11(2)15(16(21)25-10-13-12(3)27-17(22)28-13)18-14(20)8-6-5-7-9-26-19(23)24/h11,15,23-24H,4-10H2,1-3H3,(H,18,20). The summed E-state index contributed by atoms with van der Waals surface area (Å²) in [7, 11) is 0. The van der Waals surface area contributed by atoms with Gasteiger partial charge in [0.1, 0.15) is 6.04 Å². The van der Waals surface area contributed by atoms with E-state index in [1.165, 1.54) is 6.92 Å². The summed E-state index contributed by atoms with van der Waals surface area (Å²) in [5.74, 6) is -1.57. The molecule has 1 heterocycles. The van der Waals surface area contributed by atoms with Crippen molar-refractivity contribution in [1.82, 2.24) is 10.7 Å². The highest BCUT2D eigenvalue weighted by atomic mass is 17.1. The topological polar surface area (TPSA) is 152 Å². The number of hydrogen-bond acceptors (Lipinski definition) is 10. The number of unbranched alkanes of at least 4 members (excludes halogenated alkanes) is 2. The first-order valence-corrected chi connectivity index (χ1v) is 9.10. The summed E-state index contributed by atoms with van der Waals surface area (Å²) in [4.78, 5) is 40.0. The molecule has 1 rings (SSSR count). The number of ether oxygens (including phenoxy) is 1. The highest BCUT2D eigenvalue weighted by Crippen LogP contribution is 2.13. The Morgan fingerprint density at radius 3 is 2.50 bits per heavy atom. The van der Waals surface area contributed by atoms with E-state index in [2.05, 4.69) is 10.2 Å². The van der Waals surface area contributed by atoms with Gasteiger partial charge in [-0.15, -0.1) is 0 Å². The molecule has 1 aromatic heterocycles. The highest BCUT2D eigenvalue weighted by molar-refractivity contribution is 5.84. The number of amides is 1. The van der Waals surface area contributed by atoms with Gasteiger partial charge in [-0.2, -0.15) is 0 Å². The Labute approximate surface area is 162 Å². The van der Waals surface area contributed by atoms with Gasteiger partial charge in [-0.3, -0.25) is 20.0 Å². The van der Waals surface area contributed by atoms with Gasteiger partial charge in [0.05, 0.1) is 12.0 Å². The minimum absolute atomic E-state index is 0.111. The zero-order valence-corrected chi connectivity index (χ0v) is 16.3. The fraction of sp³-hybridized carbons (Fsp3) is 0.706. The Morgan fingerprint density at radius 1 is 1.21 bits per heavy atom. The molecular weight excluding hydrogens is 376 g/mol. The molecule has 28 heavy (non-hydrogen) atoms. The predicted octanol–water partition coefficient (Wildman–Crippen LogP) is 1.69. The lowest BCUT2D eigenvalue weighted by atomic mass is 9.99. The summed E-state index contributed by atoms with van der Waals surface area (Å²) < 4.78 is 14.7. The molecule has 0 aliphatic rings. The first-order chi connectivity index (χ1) is 13.2. The first kappa shape index (κ1) is 23.8. The quantitative estimate of drug-likeness (QED) is 0.251. The summed E-state index contributed by atoms with van der Waals surface area (Å²) in [6, 6.07) is -0.822. The van der Waals surface area contributed by atoms with Crippen molar-refractivity contribution >= 4 is 11.9 Å². The van der Waals surface area contributed by atoms with Crippen LogP contribution in [0.2, 0.25) is 0 Å². The summed E-state index contributed by atoms with van der Waals surface area (Å²) >= 11 is 0. The van der Waals surface area contributed by atoms with Crippen LogP contribution in [0.1, 0.15) is 57.5 Å². The molecule has 2 unspecified atom stereocenters. The maximum absolute atomic E-state index is 12.4. The molecule has 2 atom stereocenters. The van der Waals surface area contributed by atoms with Crippen LogP contribution in [0, 0.1) is 12.8 Å². The largest absolute Gasteiger partial charge is 0.519 e. The molecule has 0 radical (unpaired) electrons. The van der Waals surface area contributed by atoms with Gasteiger partial charge in [-0.1, -0.05) is 26.7 Å². The molecule has 160 valence electrons. The van der Waals surface area contributed by atoms with E-state index in [-0.39, 0.29) is 48.4 Å². The Hall–Kier alpha value is -2.21. The molecule has 0 aliphatic carbocycles. The van der Waals surface area contributed by atoms with Crippen molar-refractivity contribution in [3.05, 3.63) is 22.1 Å². The van der Waals surface area contributed by atoms with Crippen molar-refractivity contribution in [2.24, 2.45) is 5.92 Å². The van der Waals surface area contributed by atoms with Gasteiger partial charge in [0.2, 0.25) is 5.91 Å². The molecule has 0 saturated heterocycles. The van der Waals surface area contributed by atoms with Crippen LogP contribution in [-0.4, -0.2) is 40.3 Å². The third-order valence-electron chi connectivity index (χ3n) is 4.22. The Morgan fingerprint density at radius 2 is 1.93 bits per heavy atom. The van der Waals surface area contributed by atoms with Crippen LogP contribution in [-0.2, 0) is 25.8 Å². The number of nitrogens with one attached hydrogen (secondary N) is 1. The van der Waals surface area contributed by atoms with Crippen molar-refractivity contribution in [3.63, 3.8) is 0 Å². The minimum atomic E-state index is -0.869. The minimum Gasteiger partial charge on any atom is -0.456 e. The van der Waals surface area contributed by atoms with Crippen LogP contribution in [0.25, 0.3) is 0 Å². The first-order valence-electron chi connectivity index (χ1n) is 9.10. The van der Waals surface area contributed by atoms with Crippen molar-refractivity contribution in [2.75, 3.05) is 6.61 Å². The zero-order valence-electron chi connectivity index (χ0n) is 16.3. The normalized spacial score (nSPS) is 13.4. The molecule has 0 bridgehead atoms. The second kappa shape index (κ2) is 12.3. The van der Waals surface area contributed by atoms with Crippen molar-refractivity contribution in [1.29, 1.82) is 0 Å². The van der Waals surface area contributed by atoms with E-state index in [1.54, 1.807) is 0 Å². The molecule has 0 saturated carbocycles. The lowest BCUT2D eigenvalue weighted by Crippen LogP contribution is -2.45. The number of carbonyl (C=O) groups excluding carboxylic acids is 2. The van der Waals surface area contributed by atoms with Gasteiger partial charge in [0.25, 0.3) is 0 Å². The second-order valence-corrected chi connectivity index (χ2v) is 6.37. The predicted molar refractivity (Wildman–Crippen MR) is 93.0 cm³/mol. The number of esters is 1. The molecular formula is C17H28N2O9. The Balaban J connectivity index is 2.46. The Bertz CT molecular complexity index is 668. The molecule has 1 amide bonds. The number of carbonyl (C=O) groups is 2. The molecule has 1 aromatic rings. The van der Waals surface area contributed by atoms with Gasteiger partial charge >= 0.3 is 11.8 Å². The van der Waals surface area contributed by atoms with E-state index in [0.29, 0.717) is 25.7 Å². The van der Waals surface area contributed by atoms with Crippen molar-refractivity contribution < 1.29 is 38.4 Å². The summed E-state index contributed by atoms with van der Waals surface area (Å²) in [5, 5.41) is 19.1. The fourth-order valence-corrected chi connectivity index (χ4v) is 2.36. The van der Waals surface area contributed by atoms with Crippen molar-refractivity contribution in [2.45, 2.75) is 65.5 Å². The lowest BCUT2D eigenvalue weighted by molar-refractivity contribution is -0.492. The number of rotatable bonds is 13. The van der Waals surface area contributed by atoms with Gasteiger partial charge in [0, 0.05) is 6.42 Å². The maximum atomic E-state index is 12.4. The van der Waals surface area contributed by atoms with Gasteiger partial charge < -0.3 is 18.9 Å². The molecule has 0 aliphatic heterocycles. The lowest BCUT2D eigenvalue weighted by Gasteiger charge is -2.22. The molecule has 3 N–H and O–H groups in total. The van der Waals surface area contributed by atoms with E-state index in [1.807, 2.05) is 13.8 Å². The monoisotopic (exact) mass is 404 g/mol. The molecule has 0 spiro atoms. The number of nitrogens with zero attached hydrogens (tertiary/aromatic N) is 1. The van der Waals surface area contributed by atoms with Gasteiger partial charge in [-0.05, 0) is 25.7 Å². The molecule has 0 fully saturated rings. The fourth-order valence-electron chi connectivity index (χ4n) is 2.36. The van der Waals surface area contributed by atoms with Gasteiger partial charge in [0.15, 0.2) is 18.1 Å².